The van der Waals surface area contributed by atoms with Gasteiger partial charge in [0, 0.05) is 4.39 Å². The first-order valence-corrected chi connectivity index (χ1v) is 2.13. The van der Waals surface area contributed by atoms with E-state index >= 15 is 0 Å². The number of hydrazine groups is 1. The summed E-state index contributed by atoms with van der Waals surface area (Å²) in [5.41, 5.74) is 4.72. The number of rotatable bonds is 2. The summed E-state index contributed by atoms with van der Waals surface area (Å²) >= 11 is 0.172. The minimum absolute atomic E-state index is 0.172. The van der Waals surface area contributed by atoms with Gasteiger partial charge in [-0.1, -0.05) is 5.17 Å². The van der Waals surface area contributed by atoms with Crippen molar-refractivity contribution in [2.75, 3.05) is 0 Å². The maximum atomic E-state index is 9.41. The van der Waals surface area contributed by atoms with E-state index in [4.69, 9.17) is 17.0 Å². The number of hydrogen-bond acceptors (Lipinski definition) is 4. The smallest absolute Gasteiger partial charge is 0.359 e. The number of nitrogens with two attached hydrogens (primary N) is 2. The highest BCUT2D eigenvalue weighted by molar-refractivity contribution is 5.72. The van der Waals surface area contributed by atoms with Crippen LogP contribution in [0.5, 0.6) is 0 Å². The van der Waals surface area contributed by atoms with Gasteiger partial charge in [0.25, 0.3) is 0 Å². The van der Waals surface area contributed by atoms with Crippen LogP contribution in [0.2, 0.25) is 0 Å². The minimum Gasteiger partial charge on any atom is -0.504 e. The fourth-order valence-corrected chi connectivity index (χ4v) is 0.203. The van der Waals surface area contributed by atoms with Crippen LogP contribution in [0.4, 0.5) is 0 Å². The number of hydroxylamine groups is 1. The molecule has 0 aromatic heterocycles. The molecule has 0 bridgehead atoms. The lowest BCUT2D eigenvalue weighted by Crippen LogP contribution is -2.42. The van der Waals surface area contributed by atoms with E-state index in [1.54, 1.807) is 0 Å². The van der Waals surface area contributed by atoms with E-state index in [0.29, 0.717) is 5.17 Å². The molecule has 0 spiro atoms. The van der Waals surface area contributed by atoms with Crippen LogP contribution in [-0.2, 0) is 4.39 Å². The molecule has 0 heterocycles. The molecule has 0 aliphatic rings. The molecule has 0 atom stereocenters. The first-order chi connectivity index (χ1) is 3.68. The highest BCUT2D eigenvalue weighted by Crippen LogP contribution is 1.73. The quantitative estimate of drug-likeness (QED) is 0.167. The number of nitrogens with zero attached hydrogens (tertiary/aromatic N) is 1. The lowest BCUT2D eigenvalue weighted by atomic mass is 11.1. The van der Waals surface area contributed by atoms with E-state index in [2.05, 4.69) is 4.39 Å². The Morgan fingerprint density at radius 1 is 1.88 bits per heavy atom. The maximum Gasteiger partial charge on any atom is 0.359 e. The van der Waals surface area contributed by atoms with Crippen LogP contribution >= 0.6 is 0 Å². The number of nitrogens with one attached hydrogen (secondary N) is 1. The molecule has 8 heavy (non-hydrogen) atoms. The van der Waals surface area contributed by atoms with Crippen LogP contribution in [-0.4, -0.2) is 11.1 Å². The predicted molar refractivity (Wildman–Crippen MR) is 19.0 cm³/mol. The van der Waals surface area contributed by atoms with Gasteiger partial charge in [0.1, 0.15) is 0 Å². The summed E-state index contributed by atoms with van der Waals surface area (Å²) < 4.78 is 13.3. The second-order valence-electron chi connectivity index (χ2n) is 0.843. The average molecular weight is 141 g/mol. The number of halogens is 1. The summed E-state index contributed by atoms with van der Waals surface area (Å²) in [7, 11) is 0. The van der Waals surface area contributed by atoms with Crippen molar-refractivity contribution in [3.8, 4) is 0 Å². The molecule has 0 saturated carbocycles. The van der Waals surface area contributed by atoms with E-state index in [-0.39, 0.29) is 11.3 Å². The van der Waals surface area contributed by atoms with Gasteiger partial charge in [-0.25, -0.2) is 5.84 Å². The van der Waals surface area contributed by atoms with Gasteiger partial charge in [-0.15, -0.1) is 0 Å². The predicted octanol–water partition coefficient (Wildman–Crippen LogP) is -2.74. The second-order valence-corrected chi connectivity index (χ2v) is 1.11. The largest absolute Gasteiger partial charge is 0.504 e. The number of guanidine groups is 1. The van der Waals surface area contributed by atoms with Crippen LogP contribution in [0, 0.1) is 16.7 Å². The molecule has 0 unspecified atom stereocenters. The Morgan fingerprint density at radius 2 is 2.38 bits per heavy atom. The van der Waals surface area contributed by atoms with Gasteiger partial charge in [-0.2, -0.15) is 0 Å². The third kappa shape index (κ3) is 2.59. The summed E-state index contributed by atoms with van der Waals surface area (Å²) in [6, 6.07) is 0. The van der Waals surface area contributed by atoms with Crippen LogP contribution in [0.25, 0.3) is 0 Å². The van der Waals surface area contributed by atoms with Gasteiger partial charge in [0.2, 0.25) is 5.96 Å². The van der Waals surface area contributed by atoms with Gasteiger partial charge >= 0.3 is 11.3 Å². The summed E-state index contributed by atoms with van der Waals surface area (Å²) in [6.45, 7) is 0. The summed E-state index contributed by atoms with van der Waals surface area (Å²) in [5.74, 6) is 4.22. The Morgan fingerprint density at radius 3 is 2.50 bits per heavy atom. The summed E-state index contributed by atoms with van der Waals surface area (Å²) in [4.78, 5) is 0. The third-order valence-corrected chi connectivity index (χ3v) is 0.545. The van der Waals surface area contributed by atoms with Gasteiger partial charge in [0.05, 0.1) is 0 Å². The molecule has 0 aromatic rings. The zero-order chi connectivity index (χ0) is 6.57. The SMILES string of the molecule is N=C(N)N(N)O[Cl+][O-]. The van der Waals surface area contributed by atoms with Gasteiger partial charge in [-0.05, 0) is 0 Å². The monoisotopic (exact) mass is 140 g/mol. The zero-order valence-electron chi connectivity index (χ0n) is 3.80. The second kappa shape index (κ2) is 3.44. The van der Waals surface area contributed by atoms with Gasteiger partial charge in [-0.3, -0.25) is 5.41 Å². The van der Waals surface area contributed by atoms with Crippen molar-refractivity contribution >= 4 is 5.96 Å². The Bertz CT molecular complexity index is 86.1. The Labute approximate surface area is 49.5 Å². The van der Waals surface area contributed by atoms with Crippen molar-refractivity contribution in [3.05, 3.63) is 0 Å². The van der Waals surface area contributed by atoms with Crippen LogP contribution in [0.15, 0.2) is 0 Å². The Hall–Kier alpha value is -0.560. The molecule has 0 rings (SSSR count). The lowest BCUT2D eigenvalue weighted by molar-refractivity contribution is -1.28. The topological polar surface area (TPSA) is 111 Å². The molecule has 0 saturated heterocycles. The first kappa shape index (κ1) is 7.44. The molecule has 7 heteroatoms. The van der Waals surface area contributed by atoms with Crippen molar-refractivity contribution < 1.29 is 20.4 Å². The van der Waals surface area contributed by atoms with Crippen LogP contribution in [0.1, 0.15) is 0 Å². The van der Waals surface area contributed by atoms with Gasteiger partial charge < -0.3 is 10.4 Å². The minimum atomic E-state index is -0.534. The first-order valence-electron chi connectivity index (χ1n) is 1.51. The molecule has 6 nitrogen and oxygen atoms in total. The molecule has 0 aliphatic heterocycles. The highest BCUT2D eigenvalue weighted by Gasteiger charge is 2.04. The molecule has 0 fully saturated rings. The molecule has 0 radical (unpaired) electrons. The standard InChI is InChI=1S/CH5ClN4O2/c3-1(4)6(5)8-2-7/h5H2,(H3,3,4). The Balaban J connectivity index is 3.32. The van der Waals surface area contributed by atoms with Crippen molar-refractivity contribution in [1.29, 1.82) is 5.41 Å². The maximum absolute atomic E-state index is 9.41. The summed E-state index contributed by atoms with van der Waals surface area (Å²) in [5, 5.41) is 6.83. The van der Waals surface area contributed by atoms with Gasteiger partial charge in [0.15, 0.2) is 0 Å². The molecule has 48 valence electrons. The zero-order valence-corrected chi connectivity index (χ0v) is 4.55. The van der Waals surface area contributed by atoms with Crippen LogP contribution in [0.3, 0.4) is 0 Å². The molecular formula is CH5ClN4O2. The molecule has 0 aromatic carbocycles. The van der Waals surface area contributed by atoms with E-state index in [1.165, 1.54) is 0 Å². The van der Waals surface area contributed by atoms with Crippen molar-refractivity contribution in [3.63, 3.8) is 0 Å². The molecule has 5 N–H and O–H groups in total. The normalized spacial score (nSPS) is 8.75. The fraction of sp³-hybridized carbons (Fsp3) is 0. The van der Waals surface area contributed by atoms with E-state index < -0.39 is 5.96 Å². The molecule has 0 amide bonds. The highest BCUT2D eigenvalue weighted by atomic mass is 35.6. The third-order valence-electron chi connectivity index (χ3n) is 0.340. The fourth-order valence-electron chi connectivity index (χ4n) is 0.0675. The Kier molecular flexibility index (Phi) is 3.20. The molecular weight excluding hydrogens is 135 g/mol. The molecule has 0 aliphatic carbocycles. The van der Waals surface area contributed by atoms with Crippen molar-refractivity contribution in [1.82, 2.24) is 5.17 Å². The average Bonchev–Trinajstić information content (AvgIpc) is 1.67. The van der Waals surface area contributed by atoms with Crippen molar-refractivity contribution in [2.24, 2.45) is 11.6 Å². The summed E-state index contributed by atoms with van der Waals surface area (Å²) in [6.07, 6.45) is 0. The van der Waals surface area contributed by atoms with E-state index in [1.807, 2.05) is 0 Å². The van der Waals surface area contributed by atoms with E-state index in [9.17, 15) is 4.66 Å². The van der Waals surface area contributed by atoms with Crippen LogP contribution < -0.4 is 16.2 Å². The van der Waals surface area contributed by atoms with E-state index in [0.717, 1.165) is 0 Å². The van der Waals surface area contributed by atoms with Crippen molar-refractivity contribution in [2.45, 2.75) is 0 Å². The number of hydrogen-bond donors (Lipinski definition) is 3. The lowest BCUT2D eigenvalue weighted by Gasteiger charge is -2.03.